The van der Waals surface area contributed by atoms with Crippen LogP contribution in [0.2, 0.25) is 0 Å². The number of nitrogens with one attached hydrogen (secondary N) is 2. The summed E-state index contributed by atoms with van der Waals surface area (Å²) in [5.74, 6) is 0.611. The van der Waals surface area contributed by atoms with E-state index in [1.54, 1.807) is 25.4 Å². The molecule has 0 radical (unpaired) electrons. The smallest absolute Gasteiger partial charge is 0.350 e. The minimum atomic E-state index is -4.45. The molecule has 0 aliphatic carbocycles. The lowest BCUT2D eigenvalue weighted by Gasteiger charge is -2.15. The number of aryl methyl sites for hydroxylation is 1. The minimum absolute atomic E-state index is 0.0572. The van der Waals surface area contributed by atoms with E-state index >= 15 is 0 Å². The molecule has 5 nitrogen and oxygen atoms in total. The van der Waals surface area contributed by atoms with Crippen molar-refractivity contribution in [2.24, 2.45) is 0 Å². The predicted molar refractivity (Wildman–Crippen MR) is 93.1 cm³/mol. The largest absolute Gasteiger partial charge is 0.418 e. The van der Waals surface area contributed by atoms with Crippen LogP contribution in [0.25, 0.3) is 0 Å². The van der Waals surface area contributed by atoms with Crippen molar-refractivity contribution >= 4 is 17.5 Å². The van der Waals surface area contributed by atoms with Crippen LogP contribution in [0.1, 0.15) is 16.8 Å². The van der Waals surface area contributed by atoms with Crippen LogP contribution in [0, 0.1) is 6.92 Å². The topological polar surface area (TPSA) is 62.7 Å². The van der Waals surface area contributed by atoms with Crippen molar-refractivity contribution in [1.82, 2.24) is 15.0 Å². The van der Waals surface area contributed by atoms with E-state index in [-0.39, 0.29) is 11.5 Å². The fourth-order valence-corrected chi connectivity index (χ4v) is 2.37. The Morgan fingerprint density at radius 2 is 1.73 bits per heavy atom. The molecule has 2 heterocycles. The molecular formula is C18H16F3N5. The molecule has 0 atom stereocenters. The molecule has 3 aromatic rings. The number of rotatable bonds is 5. The van der Waals surface area contributed by atoms with Gasteiger partial charge in [-0.3, -0.25) is 4.98 Å². The Hall–Kier alpha value is -3.16. The third-order valence-corrected chi connectivity index (χ3v) is 3.55. The molecule has 2 aromatic heterocycles. The Bertz CT molecular complexity index is 881. The number of benzene rings is 1. The van der Waals surface area contributed by atoms with E-state index in [0.29, 0.717) is 18.2 Å². The van der Waals surface area contributed by atoms with E-state index in [2.05, 4.69) is 25.6 Å². The summed E-state index contributed by atoms with van der Waals surface area (Å²) >= 11 is 0. The Morgan fingerprint density at radius 1 is 1.00 bits per heavy atom. The van der Waals surface area contributed by atoms with Gasteiger partial charge in [-0.2, -0.15) is 18.2 Å². The first kappa shape index (κ1) is 17.7. The molecule has 2 N–H and O–H groups in total. The van der Waals surface area contributed by atoms with Crippen LogP contribution in [0.4, 0.5) is 30.6 Å². The average Bonchev–Trinajstić information content (AvgIpc) is 2.60. The van der Waals surface area contributed by atoms with E-state index in [1.807, 2.05) is 12.1 Å². The molecule has 0 fully saturated rings. The number of nitrogens with zero attached hydrogens (tertiary/aromatic N) is 3. The molecule has 0 amide bonds. The molecule has 0 aliphatic heterocycles. The highest BCUT2D eigenvalue weighted by Crippen LogP contribution is 2.35. The lowest BCUT2D eigenvalue weighted by molar-refractivity contribution is -0.136. The van der Waals surface area contributed by atoms with Crippen molar-refractivity contribution in [3.63, 3.8) is 0 Å². The fourth-order valence-electron chi connectivity index (χ4n) is 2.37. The Kier molecular flexibility index (Phi) is 5.01. The number of alkyl halides is 3. The van der Waals surface area contributed by atoms with Gasteiger partial charge in [0.15, 0.2) is 0 Å². The van der Waals surface area contributed by atoms with Gasteiger partial charge in [-0.15, -0.1) is 0 Å². The van der Waals surface area contributed by atoms with Gasteiger partial charge >= 0.3 is 6.18 Å². The van der Waals surface area contributed by atoms with Gasteiger partial charge in [-0.25, -0.2) is 4.98 Å². The summed E-state index contributed by atoms with van der Waals surface area (Å²) in [4.78, 5) is 12.5. The Morgan fingerprint density at radius 3 is 2.46 bits per heavy atom. The molecule has 0 saturated heterocycles. The molecule has 3 rings (SSSR count). The highest BCUT2D eigenvalue weighted by Gasteiger charge is 2.33. The van der Waals surface area contributed by atoms with Crippen LogP contribution in [0.5, 0.6) is 0 Å². The van der Waals surface area contributed by atoms with Crippen LogP contribution < -0.4 is 10.6 Å². The van der Waals surface area contributed by atoms with Crippen molar-refractivity contribution in [3.8, 4) is 0 Å². The molecule has 1 aromatic carbocycles. The third-order valence-electron chi connectivity index (χ3n) is 3.55. The van der Waals surface area contributed by atoms with Gasteiger partial charge < -0.3 is 10.6 Å². The maximum Gasteiger partial charge on any atom is 0.418 e. The van der Waals surface area contributed by atoms with E-state index in [1.165, 1.54) is 18.2 Å². The van der Waals surface area contributed by atoms with Crippen LogP contribution >= 0.6 is 0 Å². The van der Waals surface area contributed by atoms with Gasteiger partial charge in [0.05, 0.1) is 11.3 Å². The van der Waals surface area contributed by atoms with Gasteiger partial charge in [0, 0.05) is 30.7 Å². The average molecular weight is 359 g/mol. The minimum Gasteiger partial charge on any atom is -0.350 e. The number of hydrogen-bond acceptors (Lipinski definition) is 5. The number of aromatic nitrogens is 3. The van der Waals surface area contributed by atoms with Gasteiger partial charge in [0.2, 0.25) is 5.95 Å². The summed E-state index contributed by atoms with van der Waals surface area (Å²) in [7, 11) is 0. The zero-order valence-corrected chi connectivity index (χ0v) is 13.9. The summed E-state index contributed by atoms with van der Waals surface area (Å²) in [5.41, 5.74) is 0.812. The maximum atomic E-state index is 13.1. The molecule has 8 heteroatoms. The Labute approximate surface area is 148 Å². The SMILES string of the molecule is Cc1cc(Nc2ccccc2C(F)(F)F)nc(NCc2ccncc2)n1. The molecule has 26 heavy (non-hydrogen) atoms. The van der Waals surface area contributed by atoms with Crippen molar-refractivity contribution in [2.75, 3.05) is 10.6 Å². The van der Waals surface area contributed by atoms with Crippen molar-refractivity contribution in [2.45, 2.75) is 19.6 Å². The van der Waals surface area contributed by atoms with Crippen LogP contribution in [0.15, 0.2) is 54.9 Å². The lowest BCUT2D eigenvalue weighted by Crippen LogP contribution is -2.10. The molecule has 0 unspecified atom stereocenters. The highest BCUT2D eigenvalue weighted by molar-refractivity contribution is 5.62. The zero-order chi connectivity index (χ0) is 18.6. The number of hydrogen-bond donors (Lipinski definition) is 2. The van der Waals surface area contributed by atoms with Crippen molar-refractivity contribution < 1.29 is 13.2 Å². The monoisotopic (exact) mass is 359 g/mol. The first-order valence-electron chi connectivity index (χ1n) is 7.83. The maximum absolute atomic E-state index is 13.1. The van der Waals surface area contributed by atoms with E-state index in [9.17, 15) is 13.2 Å². The fraction of sp³-hybridized carbons (Fsp3) is 0.167. The van der Waals surface area contributed by atoms with Gasteiger partial charge in [-0.1, -0.05) is 12.1 Å². The molecule has 0 saturated carbocycles. The van der Waals surface area contributed by atoms with Crippen LogP contribution in [0.3, 0.4) is 0 Å². The number of anilines is 3. The van der Waals surface area contributed by atoms with Gasteiger partial charge in [0.25, 0.3) is 0 Å². The van der Waals surface area contributed by atoms with Gasteiger partial charge in [-0.05, 0) is 36.8 Å². The van der Waals surface area contributed by atoms with Crippen molar-refractivity contribution in [1.29, 1.82) is 0 Å². The summed E-state index contributed by atoms with van der Waals surface area (Å²) in [6.45, 7) is 2.23. The third kappa shape index (κ3) is 4.47. The highest BCUT2D eigenvalue weighted by atomic mass is 19.4. The van der Waals surface area contributed by atoms with Gasteiger partial charge in [0.1, 0.15) is 5.82 Å². The van der Waals surface area contributed by atoms with Crippen LogP contribution in [-0.2, 0) is 12.7 Å². The summed E-state index contributed by atoms with van der Waals surface area (Å²) < 4.78 is 39.4. The van der Waals surface area contributed by atoms with Crippen molar-refractivity contribution in [3.05, 3.63) is 71.7 Å². The molecule has 134 valence electrons. The number of pyridine rings is 1. The summed E-state index contributed by atoms with van der Waals surface area (Å²) in [5, 5.41) is 5.80. The quantitative estimate of drug-likeness (QED) is 0.699. The Balaban J connectivity index is 1.80. The van der Waals surface area contributed by atoms with E-state index in [0.717, 1.165) is 11.6 Å². The number of para-hydroxylation sites is 1. The van der Waals surface area contributed by atoms with E-state index < -0.39 is 11.7 Å². The van der Waals surface area contributed by atoms with Crippen LogP contribution in [-0.4, -0.2) is 15.0 Å². The van der Waals surface area contributed by atoms with E-state index in [4.69, 9.17) is 0 Å². The molecule has 0 bridgehead atoms. The standard InChI is InChI=1S/C18H16F3N5/c1-12-10-16(25-15-5-3-2-4-14(15)18(19,20)21)26-17(24-12)23-11-13-6-8-22-9-7-13/h2-10H,11H2,1H3,(H2,23,24,25,26). The molecule has 0 aliphatic rings. The summed E-state index contributed by atoms with van der Waals surface area (Å²) in [6, 6.07) is 10.6. The normalized spacial score (nSPS) is 11.2. The molecular weight excluding hydrogens is 343 g/mol. The zero-order valence-electron chi connectivity index (χ0n) is 13.9. The second-order valence-corrected chi connectivity index (χ2v) is 5.60. The second-order valence-electron chi connectivity index (χ2n) is 5.60. The first-order chi connectivity index (χ1) is 12.4. The lowest BCUT2D eigenvalue weighted by atomic mass is 10.1. The second kappa shape index (κ2) is 7.38. The molecule has 0 spiro atoms. The predicted octanol–water partition coefficient (Wildman–Crippen LogP) is 4.55. The first-order valence-corrected chi connectivity index (χ1v) is 7.83. The number of halogens is 3. The summed E-state index contributed by atoms with van der Waals surface area (Å²) in [6.07, 6.45) is -1.10.